The maximum Gasteiger partial charge on any atom is 0.335 e. The van der Waals surface area contributed by atoms with Gasteiger partial charge < -0.3 is 14.6 Å². The van der Waals surface area contributed by atoms with Gasteiger partial charge in [0, 0.05) is 11.6 Å². The first kappa shape index (κ1) is 21.1. The van der Waals surface area contributed by atoms with Crippen molar-refractivity contribution in [3.63, 3.8) is 0 Å². The summed E-state index contributed by atoms with van der Waals surface area (Å²) in [5.41, 5.74) is 4.55. The fraction of sp³-hybridized carbons (Fsp3) is 0.111. The van der Waals surface area contributed by atoms with Crippen LogP contribution in [0.1, 0.15) is 27.0 Å². The van der Waals surface area contributed by atoms with Crippen LogP contribution in [0.25, 0.3) is 11.1 Å². The largest absolute Gasteiger partial charge is 0.478 e. The monoisotopic (exact) mass is 425 g/mol. The van der Waals surface area contributed by atoms with Crippen LogP contribution in [0.15, 0.2) is 91.0 Å². The molecule has 0 saturated heterocycles. The summed E-state index contributed by atoms with van der Waals surface area (Å²) in [6, 6.07) is 28.5. The second-order valence-corrected chi connectivity index (χ2v) is 7.44. The minimum absolute atomic E-state index is 0.221. The fourth-order valence-electron chi connectivity index (χ4n) is 3.35. The zero-order valence-electron chi connectivity index (χ0n) is 17.7. The van der Waals surface area contributed by atoms with Crippen molar-refractivity contribution in [2.45, 2.75) is 20.1 Å². The molecule has 0 saturated carbocycles. The van der Waals surface area contributed by atoms with E-state index < -0.39 is 5.97 Å². The second-order valence-electron chi connectivity index (χ2n) is 7.44. The van der Waals surface area contributed by atoms with E-state index in [1.54, 1.807) is 18.2 Å². The molecule has 4 aromatic rings. The molecule has 0 radical (unpaired) electrons. The average Bonchev–Trinajstić information content (AvgIpc) is 2.82. The van der Waals surface area contributed by atoms with E-state index in [4.69, 9.17) is 9.47 Å². The lowest BCUT2D eigenvalue weighted by molar-refractivity contribution is 0.0697. The molecule has 0 aliphatic carbocycles. The van der Waals surface area contributed by atoms with Gasteiger partial charge in [-0.05, 0) is 47.4 Å². The molecular formula is C27H23NO4. The summed E-state index contributed by atoms with van der Waals surface area (Å²) in [5.74, 6) is -0.148. The van der Waals surface area contributed by atoms with E-state index in [1.165, 1.54) is 0 Å². The Morgan fingerprint density at radius 1 is 0.812 bits per heavy atom. The van der Waals surface area contributed by atoms with E-state index in [2.05, 4.69) is 4.98 Å². The van der Waals surface area contributed by atoms with Crippen LogP contribution in [0.3, 0.4) is 0 Å². The van der Waals surface area contributed by atoms with Gasteiger partial charge in [0.2, 0.25) is 11.8 Å². The van der Waals surface area contributed by atoms with Crippen LogP contribution >= 0.6 is 0 Å². The number of ether oxygens (including phenoxy) is 2. The molecule has 0 atom stereocenters. The Hall–Kier alpha value is -4.12. The number of hydrogen-bond acceptors (Lipinski definition) is 4. The van der Waals surface area contributed by atoms with Gasteiger partial charge in [-0.25, -0.2) is 4.79 Å². The Kier molecular flexibility index (Phi) is 6.46. The molecule has 0 amide bonds. The highest BCUT2D eigenvalue weighted by atomic mass is 16.5. The van der Waals surface area contributed by atoms with Crippen LogP contribution in [-0.4, -0.2) is 16.1 Å². The van der Waals surface area contributed by atoms with E-state index in [1.807, 2.05) is 79.7 Å². The molecule has 4 rings (SSSR count). The zero-order chi connectivity index (χ0) is 22.3. The molecule has 1 N–H and O–H groups in total. The standard InChI is InChI=1S/C27H23NO4/c1-19-14-22(16-23(15-19)27(29)30)24-12-13-25(31-17-20-8-4-2-5-9-20)28-26(24)32-18-21-10-6-3-7-11-21/h2-16H,17-18H2,1H3,(H,29,30). The molecule has 0 spiro atoms. The molecule has 0 fully saturated rings. The van der Waals surface area contributed by atoms with E-state index in [0.29, 0.717) is 30.5 Å². The molecule has 0 aliphatic heterocycles. The topological polar surface area (TPSA) is 68.7 Å². The molecule has 1 heterocycles. The van der Waals surface area contributed by atoms with Gasteiger partial charge in [0.15, 0.2) is 0 Å². The number of rotatable bonds is 8. The van der Waals surface area contributed by atoms with Gasteiger partial charge in [-0.1, -0.05) is 66.7 Å². The molecule has 0 bridgehead atoms. The van der Waals surface area contributed by atoms with Crippen molar-refractivity contribution in [1.82, 2.24) is 4.98 Å². The second kappa shape index (κ2) is 9.79. The molecule has 0 unspecified atom stereocenters. The first-order chi connectivity index (χ1) is 15.6. The van der Waals surface area contributed by atoms with Gasteiger partial charge in [-0.2, -0.15) is 4.98 Å². The normalized spacial score (nSPS) is 10.5. The van der Waals surface area contributed by atoms with E-state index >= 15 is 0 Å². The SMILES string of the molecule is Cc1cc(C(=O)O)cc(-c2ccc(OCc3ccccc3)nc2OCc2ccccc2)c1. The zero-order valence-corrected chi connectivity index (χ0v) is 17.7. The van der Waals surface area contributed by atoms with Crippen LogP contribution in [-0.2, 0) is 13.2 Å². The van der Waals surface area contributed by atoms with Crippen LogP contribution in [0.2, 0.25) is 0 Å². The van der Waals surface area contributed by atoms with Crippen molar-refractivity contribution in [3.8, 4) is 22.9 Å². The molecule has 160 valence electrons. The van der Waals surface area contributed by atoms with Crippen LogP contribution in [0, 0.1) is 6.92 Å². The Balaban J connectivity index is 1.66. The number of carboxylic acids is 1. The third-order valence-corrected chi connectivity index (χ3v) is 4.92. The highest BCUT2D eigenvalue weighted by Gasteiger charge is 2.14. The summed E-state index contributed by atoms with van der Waals surface area (Å²) >= 11 is 0. The molecule has 0 aliphatic rings. The lowest BCUT2D eigenvalue weighted by atomic mass is 10.0. The predicted octanol–water partition coefficient (Wildman–Crippen LogP) is 5.91. The maximum absolute atomic E-state index is 11.5. The first-order valence-electron chi connectivity index (χ1n) is 10.3. The fourth-order valence-corrected chi connectivity index (χ4v) is 3.35. The number of carbonyl (C=O) groups is 1. The van der Waals surface area contributed by atoms with Gasteiger partial charge in [-0.3, -0.25) is 0 Å². The third kappa shape index (κ3) is 5.32. The van der Waals surface area contributed by atoms with Crippen molar-refractivity contribution in [2.24, 2.45) is 0 Å². The van der Waals surface area contributed by atoms with Gasteiger partial charge in [0.1, 0.15) is 13.2 Å². The number of pyridine rings is 1. The van der Waals surface area contributed by atoms with Crippen molar-refractivity contribution in [2.75, 3.05) is 0 Å². The lowest BCUT2D eigenvalue weighted by Crippen LogP contribution is -2.03. The first-order valence-corrected chi connectivity index (χ1v) is 10.3. The summed E-state index contributed by atoms with van der Waals surface area (Å²) in [7, 11) is 0. The Morgan fingerprint density at radius 3 is 2.06 bits per heavy atom. The van der Waals surface area contributed by atoms with E-state index in [9.17, 15) is 9.90 Å². The average molecular weight is 425 g/mol. The molecule has 32 heavy (non-hydrogen) atoms. The summed E-state index contributed by atoms with van der Waals surface area (Å²) in [6.45, 7) is 2.59. The summed E-state index contributed by atoms with van der Waals surface area (Å²) in [6.07, 6.45) is 0. The summed E-state index contributed by atoms with van der Waals surface area (Å²) in [5, 5.41) is 9.46. The summed E-state index contributed by atoms with van der Waals surface area (Å²) < 4.78 is 11.9. The van der Waals surface area contributed by atoms with Crippen LogP contribution in [0.4, 0.5) is 0 Å². The highest BCUT2D eigenvalue weighted by Crippen LogP contribution is 2.32. The van der Waals surface area contributed by atoms with Crippen LogP contribution < -0.4 is 9.47 Å². The minimum atomic E-state index is -0.975. The maximum atomic E-state index is 11.5. The number of aryl methyl sites for hydroxylation is 1. The number of carboxylic acid groups (broad SMARTS) is 1. The number of benzene rings is 3. The Morgan fingerprint density at radius 2 is 1.44 bits per heavy atom. The number of hydrogen-bond donors (Lipinski definition) is 1. The number of aromatic carboxylic acids is 1. The van der Waals surface area contributed by atoms with Crippen molar-refractivity contribution < 1.29 is 19.4 Å². The van der Waals surface area contributed by atoms with E-state index in [-0.39, 0.29) is 5.56 Å². The van der Waals surface area contributed by atoms with Crippen LogP contribution in [0.5, 0.6) is 11.8 Å². The van der Waals surface area contributed by atoms with E-state index in [0.717, 1.165) is 22.3 Å². The molecule has 5 nitrogen and oxygen atoms in total. The molecular weight excluding hydrogens is 402 g/mol. The van der Waals surface area contributed by atoms with Gasteiger partial charge in [-0.15, -0.1) is 0 Å². The molecule has 1 aromatic heterocycles. The van der Waals surface area contributed by atoms with Gasteiger partial charge in [0.05, 0.1) is 5.56 Å². The van der Waals surface area contributed by atoms with Crippen molar-refractivity contribution in [3.05, 3.63) is 113 Å². The lowest BCUT2D eigenvalue weighted by Gasteiger charge is -2.14. The highest BCUT2D eigenvalue weighted by molar-refractivity contribution is 5.90. The van der Waals surface area contributed by atoms with Crippen molar-refractivity contribution >= 4 is 5.97 Å². The predicted molar refractivity (Wildman–Crippen MR) is 123 cm³/mol. The quantitative estimate of drug-likeness (QED) is 0.380. The van der Waals surface area contributed by atoms with Crippen molar-refractivity contribution in [1.29, 1.82) is 0 Å². The number of nitrogens with zero attached hydrogens (tertiary/aromatic N) is 1. The molecule has 5 heteroatoms. The Labute approximate surface area is 186 Å². The summed E-state index contributed by atoms with van der Waals surface area (Å²) in [4.78, 5) is 16.1. The minimum Gasteiger partial charge on any atom is -0.478 e. The molecule has 3 aromatic carbocycles. The van der Waals surface area contributed by atoms with Gasteiger partial charge in [0.25, 0.3) is 0 Å². The third-order valence-electron chi connectivity index (χ3n) is 4.92. The smallest absolute Gasteiger partial charge is 0.335 e. The van der Waals surface area contributed by atoms with Gasteiger partial charge >= 0.3 is 5.97 Å². The Bertz CT molecular complexity index is 1210. The number of aromatic nitrogens is 1.